The summed E-state index contributed by atoms with van der Waals surface area (Å²) in [5.74, 6) is 0.484. The van der Waals surface area contributed by atoms with Gasteiger partial charge in [-0.15, -0.1) is 0 Å². The summed E-state index contributed by atoms with van der Waals surface area (Å²) in [5.41, 5.74) is -0.476. The van der Waals surface area contributed by atoms with Crippen LogP contribution in [0.2, 0.25) is 0 Å². The number of alkyl carbamates (subject to hydrolysis) is 1. The van der Waals surface area contributed by atoms with Gasteiger partial charge in [0.25, 0.3) is 10.1 Å². The first-order chi connectivity index (χ1) is 11.1. The molecule has 0 saturated heterocycles. The van der Waals surface area contributed by atoms with E-state index in [1.165, 1.54) is 0 Å². The summed E-state index contributed by atoms with van der Waals surface area (Å²) in [6.07, 6.45) is 5.09. The van der Waals surface area contributed by atoms with Gasteiger partial charge in [-0.25, -0.2) is 4.79 Å². The molecule has 0 bridgehead atoms. The van der Waals surface area contributed by atoms with E-state index < -0.39 is 15.7 Å². The van der Waals surface area contributed by atoms with Gasteiger partial charge < -0.3 is 14.8 Å². The van der Waals surface area contributed by atoms with Crippen LogP contribution in [0.4, 0.5) is 4.79 Å². The molecule has 1 N–H and O–H groups in total. The Kier molecular flexibility index (Phi) is 8.45. The number of hydrogen-bond donors (Lipinski definition) is 1. The molecular formula is C16H31NO6S. The molecule has 0 spiro atoms. The van der Waals surface area contributed by atoms with E-state index in [0.717, 1.165) is 31.9 Å². The molecular weight excluding hydrogens is 334 g/mol. The number of carbonyl (C=O) groups is 1. The number of amides is 1. The van der Waals surface area contributed by atoms with E-state index in [9.17, 15) is 13.2 Å². The molecule has 0 radical (unpaired) electrons. The fourth-order valence-corrected chi connectivity index (χ4v) is 2.99. The average molecular weight is 365 g/mol. The maximum Gasteiger partial charge on any atom is 0.407 e. The van der Waals surface area contributed by atoms with E-state index >= 15 is 0 Å². The van der Waals surface area contributed by atoms with Crippen LogP contribution in [-0.4, -0.2) is 52.2 Å². The minimum absolute atomic E-state index is 0.158. The van der Waals surface area contributed by atoms with Crippen molar-refractivity contribution in [1.29, 1.82) is 0 Å². The van der Waals surface area contributed by atoms with E-state index in [0.29, 0.717) is 25.6 Å². The summed E-state index contributed by atoms with van der Waals surface area (Å²) in [6, 6.07) is 0.166. The van der Waals surface area contributed by atoms with Crippen LogP contribution in [0.3, 0.4) is 0 Å². The topological polar surface area (TPSA) is 90.9 Å². The average Bonchev–Trinajstić information content (AvgIpc) is 2.41. The SMILES string of the molecule is CC(C)(C)OC(=O)NC1CCC(COCCCOS(C)(=O)=O)CC1. The molecule has 0 unspecified atom stereocenters. The van der Waals surface area contributed by atoms with E-state index in [4.69, 9.17) is 9.47 Å². The van der Waals surface area contributed by atoms with Crippen LogP contribution in [0, 0.1) is 5.92 Å². The lowest BCUT2D eigenvalue weighted by Crippen LogP contribution is -2.41. The zero-order valence-corrected chi connectivity index (χ0v) is 16.0. The van der Waals surface area contributed by atoms with Gasteiger partial charge in [0.1, 0.15) is 5.60 Å². The summed E-state index contributed by atoms with van der Waals surface area (Å²) >= 11 is 0. The van der Waals surface area contributed by atoms with Gasteiger partial charge in [-0.3, -0.25) is 4.18 Å². The van der Waals surface area contributed by atoms with Crippen molar-refractivity contribution in [3.63, 3.8) is 0 Å². The Morgan fingerprint density at radius 1 is 1.12 bits per heavy atom. The molecule has 0 aromatic heterocycles. The second kappa shape index (κ2) is 9.58. The first kappa shape index (κ1) is 21.2. The van der Waals surface area contributed by atoms with Crippen molar-refractivity contribution in [2.75, 3.05) is 26.1 Å². The van der Waals surface area contributed by atoms with Crippen molar-refractivity contribution < 1.29 is 26.9 Å². The highest BCUT2D eigenvalue weighted by Gasteiger charge is 2.24. The Hall–Kier alpha value is -0.860. The lowest BCUT2D eigenvalue weighted by Gasteiger charge is -2.30. The predicted octanol–water partition coefficient (Wildman–Crippen LogP) is 2.45. The number of carbonyl (C=O) groups excluding carboxylic acids is 1. The first-order valence-electron chi connectivity index (χ1n) is 8.47. The van der Waals surface area contributed by atoms with Crippen molar-refractivity contribution in [1.82, 2.24) is 5.32 Å². The van der Waals surface area contributed by atoms with Gasteiger partial charge in [-0.1, -0.05) is 0 Å². The smallest absolute Gasteiger partial charge is 0.407 e. The summed E-state index contributed by atoms with van der Waals surface area (Å²) in [6.45, 7) is 6.86. The molecule has 0 atom stereocenters. The standard InChI is InChI=1S/C16H31NO6S/c1-16(2,3)23-15(18)17-14-8-6-13(7-9-14)12-21-10-5-11-22-24(4,19)20/h13-14H,5-12H2,1-4H3,(H,17,18). The summed E-state index contributed by atoms with van der Waals surface area (Å²) in [4.78, 5) is 11.7. The molecule has 7 nitrogen and oxygen atoms in total. The van der Waals surface area contributed by atoms with Crippen LogP contribution < -0.4 is 5.32 Å². The van der Waals surface area contributed by atoms with Crippen LogP contribution in [-0.2, 0) is 23.8 Å². The molecule has 1 fully saturated rings. The minimum Gasteiger partial charge on any atom is -0.444 e. The molecule has 0 aliphatic heterocycles. The molecule has 8 heteroatoms. The van der Waals surface area contributed by atoms with Crippen LogP contribution in [0.1, 0.15) is 52.9 Å². The highest BCUT2D eigenvalue weighted by molar-refractivity contribution is 7.85. The zero-order valence-electron chi connectivity index (χ0n) is 15.2. The first-order valence-corrected chi connectivity index (χ1v) is 10.3. The Bertz CT molecular complexity index is 477. The Morgan fingerprint density at radius 2 is 1.75 bits per heavy atom. The van der Waals surface area contributed by atoms with Crippen molar-refractivity contribution in [2.24, 2.45) is 5.92 Å². The molecule has 0 aromatic rings. The van der Waals surface area contributed by atoms with Crippen LogP contribution in [0.25, 0.3) is 0 Å². The highest BCUT2D eigenvalue weighted by Crippen LogP contribution is 2.24. The maximum absolute atomic E-state index is 11.7. The van der Waals surface area contributed by atoms with Crippen LogP contribution >= 0.6 is 0 Å². The third-order valence-electron chi connectivity index (χ3n) is 3.65. The van der Waals surface area contributed by atoms with Gasteiger partial charge in [0, 0.05) is 19.3 Å². The van der Waals surface area contributed by atoms with E-state index in [-0.39, 0.29) is 18.7 Å². The van der Waals surface area contributed by atoms with E-state index in [2.05, 4.69) is 9.50 Å². The monoisotopic (exact) mass is 365 g/mol. The summed E-state index contributed by atoms with van der Waals surface area (Å²) < 4.78 is 37.1. The van der Waals surface area contributed by atoms with Crippen molar-refractivity contribution >= 4 is 16.2 Å². The lowest BCUT2D eigenvalue weighted by atomic mass is 9.86. The molecule has 142 valence electrons. The number of rotatable bonds is 8. The maximum atomic E-state index is 11.7. The Balaban J connectivity index is 2.08. The number of ether oxygens (including phenoxy) is 2. The quantitative estimate of drug-likeness (QED) is 0.525. The fraction of sp³-hybridized carbons (Fsp3) is 0.938. The molecule has 1 amide bonds. The van der Waals surface area contributed by atoms with Gasteiger partial charge in [-0.05, 0) is 58.8 Å². The Morgan fingerprint density at radius 3 is 2.29 bits per heavy atom. The molecule has 1 saturated carbocycles. The summed E-state index contributed by atoms with van der Waals surface area (Å²) in [5, 5.41) is 2.92. The molecule has 1 aliphatic rings. The normalized spacial score (nSPS) is 22.2. The molecule has 24 heavy (non-hydrogen) atoms. The number of nitrogens with one attached hydrogen (secondary N) is 1. The van der Waals surface area contributed by atoms with Crippen molar-refractivity contribution in [3.05, 3.63) is 0 Å². The molecule has 1 rings (SSSR count). The Labute approximate surface area is 145 Å². The van der Waals surface area contributed by atoms with E-state index in [1.54, 1.807) is 0 Å². The minimum atomic E-state index is -3.36. The van der Waals surface area contributed by atoms with E-state index in [1.807, 2.05) is 20.8 Å². The van der Waals surface area contributed by atoms with Crippen molar-refractivity contribution in [2.45, 2.75) is 64.5 Å². The largest absolute Gasteiger partial charge is 0.444 e. The van der Waals surface area contributed by atoms with Gasteiger partial charge in [0.15, 0.2) is 0 Å². The highest BCUT2D eigenvalue weighted by atomic mass is 32.2. The lowest BCUT2D eigenvalue weighted by molar-refractivity contribution is 0.0459. The second-order valence-electron chi connectivity index (χ2n) is 7.32. The third kappa shape index (κ3) is 10.8. The van der Waals surface area contributed by atoms with Gasteiger partial charge in [-0.2, -0.15) is 8.42 Å². The predicted molar refractivity (Wildman–Crippen MR) is 91.3 cm³/mol. The van der Waals surface area contributed by atoms with Crippen LogP contribution in [0.5, 0.6) is 0 Å². The van der Waals surface area contributed by atoms with Crippen molar-refractivity contribution in [3.8, 4) is 0 Å². The molecule has 0 heterocycles. The van der Waals surface area contributed by atoms with Gasteiger partial charge >= 0.3 is 6.09 Å². The summed E-state index contributed by atoms with van der Waals surface area (Å²) in [7, 11) is -3.36. The molecule has 0 aromatic carbocycles. The third-order valence-corrected chi connectivity index (χ3v) is 4.25. The molecule has 1 aliphatic carbocycles. The number of hydrogen-bond acceptors (Lipinski definition) is 6. The fourth-order valence-electron chi connectivity index (χ4n) is 2.57. The van der Waals surface area contributed by atoms with Crippen LogP contribution in [0.15, 0.2) is 0 Å². The zero-order chi connectivity index (χ0) is 18.2. The van der Waals surface area contributed by atoms with Gasteiger partial charge in [0.2, 0.25) is 0 Å². The van der Waals surface area contributed by atoms with Gasteiger partial charge in [0.05, 0.1) is 12.9 Å². The second-order valence-corrected chi connectivity index (χ2v) is 8.96.